The van der Waals surface area contributed by atoms with E-state index >= 15 is 0 Å². The monoisotopic (exact) mass is 189 g/mol. The molecule has 0 radical (unpaired) electrons. The zero-order valence-corrected chi connectivity index (χ0v) is 7.63. The Kier molecular flexibility index (Phi) is 2.24. The molecule has 4 heteroatoms. The Morgan fingerprint density at radius 3 is 3.00 bits per heavy atom. The molecule has 4 atom stereocenters. The van der Waals surface area contributed by atoms with Crippen molar-refractivity contribution in [2.75, 3.05) is 6.61 Å². The Labute approximate surface area is 78.1 Å². The van der Waals surface area contributed by atoms with Gasteiger partial charge in [0.05, 0.1) is 6.61 Å². The number of hydrogen-bond acceptors (Lipinski definition) is 3. The van der Waals surface area contributed by atoms with Crippen LogP contribution in [0, 0.1) is 5.92 Å². The predicted molar refractivity (Wildman–Crippen MR) is 47.1 cm³/mol. The molecule has 0 spiro atoms. The molecule has 2 fully saturated rings. The fourth-order valence-corrected chi connectivity index (χ4v) is 2.35. The lowest BCUT2D eigenvalue weighted by Crippen LogP contribution is -2.46. The quantitative estimate of drug-likeness (QED) is 0.655. The molecule has 3 nitrogen and oxygen atoms in total. The average molecular weight is 189 g/mol. The molecular weight excluding hydrogens is 173 g/mol. The summed E-state index contributed by atoms with van der Waals surface area (Å²) in [6, 6.07) is -0.205. The predicted octanol–water partition coefficient (Wildman–Crippen LogP) is 0.884. The minimum absolute atomic E-state index is 0. The summed E-state index contributed by atoms with van der Waals surface area (Å²) in [5.74, 6) is -0.443. The van der Waals surface area contributed by atoms with Crippen LogP contribution >= 0.6 is 0 Å². The molecule has 1 saturated carbocycles. The summed E-state index contributed by atoms with van der Waals surface area (Å²) in [6.45, 7) is 2.13. The maximum Gasteiger partial charge on any atom is 0.323 e. The minimum Gasteiger partial charge on any atom is -0.465 e. The summed E-state index contributed by atoms with van der Waals surface area (Å²) in [4.78, 5) is 11.3. The number of nitrogens with one attached hydrogen (secondary N) is 1. The molecule has 0 aromatic carbocycles. The molecule has 2 bridgehead atoms. The van der Waals surface area contributed by atoms with Gasteiger partial charge in [-0.05, 0) is 19.8 Å². The number of fused-ring (bicyclic) bond motifs is 2. The topological polar surface area (TPSA) is 38.3 Å². The van der Waals surface area contributed by atoms with E-state index in [2.05, 4.69) is 5.32 Å². The highest BCUT2D eigenvalue weighted by Crippen LogP contribution is 2.37. The molecule has 2 rings (SSSR count). The maximum atomic E-state index is 13.2. The third-order valence-corrected chi connectivity index (χ3v) is 2.91. The number of hydrogen-bond donors (Lipinski definition) is 1. The summed E-state index contributed by atoms with van der Waals surface area (Å²) in [5, 5.41) is 3.09. The van der Waals surface area contributed by atoms with Gasteiger partial charge < -0.3 is 10.1 Å². The van der Waals surface area contributed by atoms with Gasteiger partial charge in [-0.2, -0.15) is 0 Å². The van der Waals surface area contributed by atoms with Crippen LogP contribution in [-0.4, -0.2) is 30.8 Å². The summed E-state index contributed by atoms with van der Waals surface area (Å²) < 4.78 is 18.1. The van der Waals surface area contributed by atoms with E-state index in [1.807, 2.05) is 0 Å². The van der Waals surface area contributed by atoms with Crippen LogP contribution in [0.15, 0.2) is 0 Å². The Balaban J connectivity index is 0.000000980. The SMILES string of the molecule is CCOC(=O)C1NC2CC(F)C1C2.[HH]. The summed E-state index contributed by atoms with van der Waals surface area (Å²) in [5.41, 5.74) is 0. The fraction of sp³-hybridized carbons (Fsp3) is 0.889. The van der Waals surface area contributed by atoms with Gasteiger partial charge in [0.25, 0.3) is 0 Å². The van der Waals surface area contributed by atoms with Crippen molar-refractivity contribution in [1.29, 1.82) is 0 Å². The number of carbonyl (C=O) groups is 1. The highest BCUT2D eigenvalue weighted by atomic mass is 19.1. The van der Waals surface area contributed by atoms with E-state index in [-0.39, 0.29) is 19.4 Å². The van der Waals surface area contributed by atoms with Crippen LogP contribution in [0.1, 0.15) is 21.2 Å². The number of piperidine rings is 1. The van der Waals surface area contributed by atoms with Crippen molar-refractivity contribution >= 4 is 5.97 Å². The number of alkyl halides is 1. The molecule has 13 heavy (non-hydrogen) atoms. The molecule has 4 unspecified atom stereocenters. The van der Waals surface area contributed by atoms with Crippen LogP contribution in [0.4, 0.5) is 4.39 Å². The van der Waals surface area contributed by atoms with Crippen molar-refractivity contribution in [2.24, 2.45) is 5.92 Å². The first-order valence-corrected chi connectivity index (χ1v) is 4.79. The number of esters is 1. The molecular formula is C9H16FNO2. The first-order valence-electron chi connectivity index (χ1n) is 4.79. The number of ether oxygens (including phenoxy) is 1. The fourth-order valence-electron chi connectivity index (χ4n) is 2.35. The van der Waals surface area contributed by atoms with Crippen molar-refractivity contribution in [2.45, 2.75) is 38.0 Å². The maximum absolute atomic E-state index is 13.2. The Bertz CT molecular complexity index is 227. The third kappa shape index (κ3) is 1.43. The Morgan fingerprint density at radius 2 is 2.46 bits per heavy atom. The molecule has 0 amide bonds. The van der Waals surface area contributed by atoms with E-state index < -0.39 is 12.2 Å². The van der Waals surface area contributed by atoms with Crippen LogP contribution in [0.2, 0.25) is 0 Å². The highest BCUT2D eigenvalue weighted by Gasteiger charge is 2.49. The van der Waals surface area contributed by atoms with Gasteiger partial charge in [0.2, 0.25) is 0 Å². The third-order valence-electron chi connectivity index (χ3n) is 2.91. The molecule has 76 valence electrons. The van der Waals surface area contributed by atoms with Crippen molar-refractivity contribution in [3.63, 3.8) is 0 Å². The highest BCUT2D eigenvalue weighted by molar-refractivity contribution is 5.77. The van der Waals surface area contributed by atoms with Gasteiger partial charge in [0.15, 0.2) is 0 Å². The van der Waals surface area contributed by atoms with Gasteiger partial charge in [0.1, 0.15) is 12.2 Å². The standard InChI is InChI=1S/C9H14FNO2.H2/c1-2-13-9(12)8-6-3-5(11-8)4-7(6)10;/h5-8,11H,2-4H2,1H3;1H. The van der Waals surface area contributed by atoms with Crippen LogP contribution < -0.4 is 5.32 Å². The number of halogens is 1. The van der Waals surface area contributed by atoms with Gasteiger partial charge in [-0.3, -0.25) is 4.79 Å². The van der Waals surface area contributed by atoms with Crippen LogP contribution in [0.3, 0.4) is 0 Å². The van der Waals surface area contributed by atoms with Crippen molar-refractivity contribution in [3.05, 3.63) is 0 Å². The molecule has 0 aromatic rings. The summed E-state index contributed by atoms with van der Waals surface area (Å²) >= 11 is 0. The molecule has 1 aliphatic carbocycles. The summed E-state index contributed by atoms with van der Waals surface area (Å²) in [7, 11) is 0. The van der Waals surface area contributed by atoms with Gasteiger partial charge in [0, 0.05) is 13.4 Å². The van der Waals surface area contributed by atoms with Gasteiger partial charge in [-0.15, -0.1) is 0 Å². The van der Waals surface area contributed by atoms with E-state index in [9.17, 15) is 9.18 Å². The molecule has 1 N–H and O–H groups in total. The van der Waals surface area contributed by atoms with Gasteiger partial charge in [-0.1, -0.05) is 0 Å². The van der Waals surface area contributed by atoms with E-state index in [0.29, 0.717) is 13.0 Å². The summed E-state index contributed by atoms with van der Waals surface area (Å²) in [6.07, 6.45) is 0.520. The molecule has 0 aromatic heterocycles. The second-order valence-corrected chi connectivity index (χ2v) is 3.74. The molecule has 1 heterocycles. The van der Waals surface area contributed by atoms with Crippen LogP contribution in [0.25, 0.3) is 0 Å². The average Bonchev–Trinajstić information content (AvgIpc) is 2.62. The Hall–Kier alpha value is -0.640. The van der Waals surface area contributed by atoms with E-state index in [1.54, 1.807) is 6.92 Å². The minimum atomic E-state index is -0.819. The van der Waals surface area contributed by atoms with E-state index in [0.717, 1.165) is 6.42 Å². The normalized spacial score (nSPS) is 42.3. The number of carbonyl (C=O) groups excluding carboxylic acids is 1. The van der Waals surface area contributed by atoms with E-state index in [1.165, 1.54) is 0 Å². The second-order valence-electron chi connectivity index (χ2n) is 3.74. The molecule has 1 saturated heterocycles. The largest absolute Gasteiger partial charge is 0.465 e. The Morgan fingerprint density at radius 1 is 1.69 bits per heavy atom. The van der Waals surface area contributed by atoms with Crippen LogP contribution in [0.5, 0.6) is 0 Å². The van der Waals surface area contributed by atoms with Gasteiger partial charge in [-0.25, -0.2) is 4.39 Å². The lowest BCUT2D eigenvalue weighted by molar-refractivity contribution is -0.147. The van der Waals surface area contributed by atoms with Crippen molar-refractivity contribution in [1.82, 2.24) is 5.32 Å². The smallest absolute Gasteiger partial charge is 0.323 e. The first kappa shape index (κ1) is 8.94. The lowest BCUT2D eigenvalue weighted by atomic mass is 9.98. The van der Waals surface area contributed by atoms with E-state index in [4.69, 9.17) is 4.74 Å². The van der Waals surface area contributed by atoms with Gasteiger partial charge >= 0.3 is 5.97 Å². The van der Waals surface area contributed by atoms with Crippen LogP contribution in [-0.2, 0) is 9.53 Å². The lowest BCUT2D eigenvalue weighted by Gasteiger charge is -2.23. The van der Waals surface area contributed by atoms with Crippen molar-refractivity contribution < 1.29 is 15.3 Å². The number of rotatable bonds is 2. The van der Waals surface area contributed by atoms with Crippen molar-refractivity contribution in [3.8, 4) is 0 Å². The molecule has 1 aliphatic heterocycles. The second kappa shape index (κ2) is 3.25. The first-order chi connectivity index (χ1) is 6.22. The molecule has 2 aliphatic rings. The zero-order valence-electron chi connectivity index (χ0n) is 7.63. The zero-order chi connectivity index (χ0) is 9.42.